The van der Waals surface area contributed by atoms with Crippen molar-refractivity contribution in [1.29, 1.82) is 0 Å². The zero-order valence-electron chi connectivity index (χ0n) is 21.0. The van der Waals surface area contributed by atoms with Gasteiger partial charge in [0.05, 0.1) is 5.41 Å². The SMILES string of the molecule is CCCCCN(C(=O)C(Cc1ccc(F)cc1)C(=O)NS(=O)(=O)C=Cc1ccccc1)c1ccc(F)cc1. The lowest BCUT2D eigenvalue weighted by molar-refractivity contribution is -0.132. The number of nitrogens with zero attached hydrogens (tertiary/aromatic N) is 1. The molecule has 0 aliphatic heterocycles. The molecule has 38 heavy (non-hydrogen) atoms. The maximum absolute atomic E-state index is 13.8. The summed E-state index contributed by atoms with van der Waals surface area (Å²) in [5.41, 5.74) is 1.48. The number of unbranched alkanes of at least 4 members (excludes halogenated alkanes) is 2. The van der Waals surface area contributed by atoms with E-state index in [9.17, 15) is 26.8 Å². The Morgan fingerprint density at radius 1 is 0.895 bits per heavy atom. The second-order valence-electron chi connectivity index (χ2n) is 8.78. The molecule has 0 heterocycles. The molecule has 200 valence electrons. The number of rotatable bonds is 12. The average Bonchev–Trinajstić information content (AvgIpc) is 2.90. The van der Waals surface area contributed by atoms with Crippen molar-refractivity contribution in [2.75, 3.05) is 11.4 Å². The highest BCUT2D eigenvalue weighted by atomic mass is 32.2. The van der Waals surface area contributed by atoms with Crippen LogP contribution in [0.2, 0.25) is 0 Å². The lowest BCUT2D eigenvalue weighted by atomic mass is 9.96. The van der Waals surface area contributed by atoms with Gasteiger partial charge in [-0.1, -0.05) is 62.2 Å². The molecule has 0 bridgehead atoms. The van der Waals surface area contributed by atoms with Crippen LogP contribution in [0.5, 0.6) is 0 Å². The van der Waals surface area contributed by atoms with Crippen LogP contribution < -0.4 is 9.62 Å². The molecule has 0 aromatic heterocycles. The van der Waals surface area contributed by atoms with Gasteiger partial charge in [-0.15, -0.1) is 0 Å². The first kappa shape index (κ1) is 28.7. The lowest BCUT2D eigenvalue weighted by Crippen LogP contribution is -2.46. The fraction of sp³-hybridized carbons (Fsp3) is 0.241. The summed E-state index contributed by atoms with van der Waals surface area (Å²) in [6.07, 6.45) is 3.51. The zero-order valence-corrected chi connectivity index (χ0v) is 21.8. The number of hydrogen-bond donors (Lipinski definition) is 1. The number of benzene rings is 3. The number of hydrogen-bond acceptors (Lipinski definition) is 4. The molecule has 2 amide bonds. The molecule has 0 spiro atoms. The second-order valence-corrected chi connectivity index (χ2v) is 10.3. The minimum absolute atomic E-state index is 0.158. The van der Waals surface area contributed by atoms with Gasteiger partial charge in [0, 0.05) is 12.2 Å². The predicted molar refractivity (Wildman–Crippen MR) is 144 cm³/mol. The molecule has 0 saturated heterocycles. The normalized spacial score (nSPS) is 12.3. The maximum Gasteiger partial charge on any atom is 0.257 e. The van der Waals surface area contributed by atoms with E-state index in [-0.39, 0.29) is 13.0 Å². The van der Waals surface area contributed by atoms with Crippen molar-refractivity contribution in [2.45, 2.75) is 32.6 Å². The van der Waals surface area contributed by atoms with Crippen LogP contribution in [-0.4, -0.2) is 26.8 Å². The second kappa shape index (κ2) is 13.6. The molecule has 1 atom stereocenters. The summed E-state index contributed by atoms with van der Waals surface area (Å²) in [5, 5.41) is 0.860. The molecule has 1 unspecified atom stereocenters. The number of halogens is 2. The topological polar surface area (TPSA) is 83.6 Å². The third kappa shape index (κ3) is 8.62. The monoisotopic (exact) mass is 540 g/mol. The molecule has 3 aromatic rings. The smallest absolute Gasteiger partial charge is 0.257 e. The van der Waals surface area contributed by atoms with Crippen molar-refractivity contribution >= 4 is 33.6 Å². The first-order valence-electron chi connectivity index (χ1n) is 12.3. The lowest BCUT2D eigenvalue weighted by Gasteiger charge is -2.27. The van der Waals surface area contributed by atoms with Gasteiger partial charge in [0.1, 0.15) is 17.6 Å². The average molecular weight is 541 g/mol. The Bertz CT molecular complexity index is 1340. The molecular formula is C29H30F2N2O4S. The Morgan fingerprint density at radius 2 is 1.50 bits per heavy atom. The maximum atomic E-state index is 13.8. The minimum atomic E-state index is -4.23. The van der Waals surface area contributed by atoms with Crippen LogP contribution >= 0.6 is 0 Å². The van der Waals surface area contributed by atoms with Crippen molar-refractivity contribution in [1.82, 2.24) is 4.72 Å². The molecule has 3 rings (SSSR count). The van der Waals surface area contributed by atoms with Crippen molar-refractivity contribution in [3.8, 4) is 0 Å². The van der Waals surface area contributed by atoms with Crippen molar-refractivity contribution < 1.29 is 26.8 Å². The summed E-state index contributed by atoms with van der Waals surface area (Å²) in [4.78, 5) is 28.5. The van der Waals surface area contributed by atoms with E-state index < -0.39 is 39.4 Å². The number of amides is 2. The van der Waals surface area contributed by atoms with Crippen molar-refractivity contribution in [3.05, 3.63) is 107 Å². The summed E-state index contributed by atoms with van der Waals surface area (Å²) >= 11 is 0. The standard InChI is InChI=1S/C29H30F2N2O4S/c1-2-3-7-19-33(26-16-14-25(31)15-17-26)29(35)27(21-23-10-12-24(30)13-11-23)28(34)32-38(36,37)20-18-22-8-5-4-6-9-22/h4-6,8-18,20,27H,2-3,7,19,21H2,1H3,(H,32,34). The molecule has 0 aliphatic rings. The summed E-state index contributed by atoms with van der Waals surface area (Å²) < 4.78 is 54.4. The number of carbonyl (C=O) groups excluding carboxylic acids is 2. The van der Waals surface area contributed by atoms with Gasteiger partial charge in [-0.2, -0.15) is 0 Å². The van der Waals surface area contributed by atoms with Gasteiger partial charge in [-0.05, 0) is 66.4 Å². The molecule has 0 saturated carbocycles. The van der Waals surface area contributed by atoms with E-state index in [1.807, 2.05) is 11.6 Å². The fourth-order valence-corrected chi connectivity index (χ4v) is 4.65. The molecule has 0 aliphatic carbocycles. The van der Waals surface area contributed by atoms with E-state index >= 15 is 0 Å². The Balaban J connectivity index is 1.91. The van der Waals surface area contributed by atoms with Crippen LogP contribution in [0, 0.1) is 17.6 Å². The predicted octanol–water partition coefficient (Wildman–Crippen LogP) is 5.46. The van der Waals surface area contributed by atoms with E-state index in [2.05, 4.69) is 0 Å². The van der Waals surface area contributed by atoms with E-state index in [0.717, 1.165) is 18.2 Å². The van der Waals surface area contributed by atoms with Crippen LogP contribution in [0.1, 0.15) is 37.3 Å². The van der Waals surface area contributed by atoms with Crippen molar-refractivity contribution in [2.24, 2.45) is 5.92 Å². The van der Waals surface area contributed by atoms with E-state index in [1.54, 1.807) is 30.3 Å². The van der Waals surface area contributed by atoms with Crippen LogP contribution in [0.15, 0.2) is 84.3 Å². The molecule has 9 heteroatoms. The first-order chi connectivity index (χ1) is 18.2. The van der Waals surface area contributed by atoms with Gasteiger partial charge < -0.3 is 4.90 Å². The molecule has 3 aromatic carbocycles. The molecular weight excluding hydrogens is 510 g/mol. The minimum Gasteiger partial charge on any atom is -0.312 e. The first-order valence-corrected chi connectivity index (χ1v) is 13.8. The van der Waals surface area contributed by atoms with Crippen LogP contribution in [-0.2, 0) is 26.0 Å². The molecule has 6 nitrogen and oxygen atoms in total. The Hall–Kier alpha value is -3.85. The molecule has 0 fully saturated rings. The van der Waals surface area contributed by atoms with Crippen LogP contribution in [0.25, 0.3) is 6.08 Å². The molecule has 0 radical (unpaired) electrons. The van der Waals surface area contributed by atoms with E-state index in [4.69, 9.17) is 0 Å². The fourth-order valence-electron chi connectivity index (χ4n) is 3.82. The van der Waals surface area contributed by atoms with E-state index in [1.165, 1.54) is 59.5 Å². The van der Waals surface area contributed by atoms with Crippen LogP contribution in [0.4, 0.5) is 14.5 Å². The van der Waals surface area contributed by atoms with Crippen molar-refractivity contribution in [3.63, 3.8) is 0 Å². The van der Waals surface area contributed by atoms with E-state index in [0.29, 0.717) is 23.2 Å². The van der Waals surface area contributed by atoms with Gasteiger partial charge in [-0.3, -0.25) is 9.59 Å². The third-order valence-electron chi connectivity index (χ3n) is 5.84. The van der Waals surface area contributed by atoms with Gasteiger partial charge in [0.15, 0.2) is 0 Å². The molecule has 1 N–H and O–H groups in total. The number of nitrogens with one attached hydrogen (secondary N) is 1. The summed E-state index contributed by atoms with van der Waals surface area (Å²) in [6.45, 7) is 2.26. The Labute approximate surface area is 222 Å². The largest absolute Gasteiger partial charge is 0.312 e. The highest BCUT2D eigenvalue weighted by Crippen LogP contribution is 2.22. The van der Waals surface area contributed by atoms with Crippen LogP contribution in [0.3, 0.4) is 0 Å². The Kier molecular flexibility index (Phi) is 10.3. The summed E-state index contributed by atoms with van der Waals surface area (Å²) in [5.74, 6) is -4.06. The Morgan fingerprint density at radius 3 is 2.11 bits per heavy atom. The van der Waals surface area contributed by atoms with Gasteiger partial charge in [0.2, 0.25) is 11.8 Å². The summed E-state index contributed by atoms with van der Waals surface area (Å²) in [7, 11) is -4.23. The third-order valence-corrected chi connectivity index (χ3v) is 6.82. The zero-order chi connectivity index (χ0) is 27.5. The van der Waals surface area contributed by atoms with Gasteiger partial charge in [-0.25, -0.2) is 21.9 Å². The number of sulfonamides is 1. The number of anilines is 1. The summed E-state index contributed by atoms with van der Waals surface area (Å²) in [6, 6.07) is 19.2. The highest BCUT2D eigenvalue weighted by Gasteiger charge is 2.33. The number of carbonyl (C=O) groups is 2. The quantitative estimate of drug-likeness (QED) is 0.244. The van der Waals surface area contributed by atoms with Gasteiger partial charge in [0.25, 0.3) is 10.0 Å². The highest BCUT2D eigenvalue weighted by molar-refractivity contribution is 7.93. The van der Waals surface area contributed by atoms with Gasteiger partial charge >= 0.3 is 0 Å².